The van der Waals surface area contributed by atoms with Crippen LogP contribution < -0.4 is 9.47 Å². The van der Waals surface area contributed by atoms with Crippen molar-refractivity contribution >= 4 is 11.6 Å². The van der Waals surface area contributed by atoms with Crippen LogP contribution in [0.5, 0.6) is 11.5 Å². The van der Waals surface area contributed by atoms with Gasteiger partial charge in [0.25, 0.3) is 0 Å². The van der Waals surface area contributed by atoms with Crippen molar-refractivity contribution in [3.8, 4) is 17.6 Å². The minimum atomic E-state index is 0.466. The highest BCUT2D eigenvalue weighted by atomic mass is 16.5. The number of nitrogens with zero attached hydrogens (tertiary/aromatic N) is 2. The summed E-state index contributed by atoms with van der Waals surface area (Å²) in [4.78, 5) is 4.24. The molecule has 4 heteroatoms. The van der Waals surface area contributed by atoms with E-state index in [-0.39, 0.29) is 0 Å². The van der Waals surface area contributed by atoms with Gasteiger partial charge in [0, 0.05) is 6.20 Å². The van der Waals surface area contributed by atoms with Crippen molar-refractivity contribution < 1.29 is 9.47 Å². The number of hydrogen-bond acceptors (Lipinski definition) is 4. The first-order valence-corrected chi connectivity index (χ1v) is 8.77. The molecule has 2 aromatic carbocycles. The van der Waals surface area contributed by atoms with Crippen molar-refractivity contribution in [2.24, 2.45) is 0 Å². The predicted molar refractivity (Wildman–Crippen MR) is 106 cm³/mol. The van der Waals surface area contributed by atoms with E-state index in [4.69, 9.17) is 9.47 Å². The molecule has 0 saturated heterocycles. The van der Waals surface area contributed by atoms with Crippen LogP contribution in [-0.4, -0.2) is 11.6 Å². The molecule has 0 aliphatic heterocycles. The number of nitriles is 1. The summed E-state index contributed by atoms with van der Waals surface area (Å²) in [5.41, 5.74) is 3.08. The van der Waals surface area contributed by atoms with Gasteiger partial charge in [0.15, 0.2) is 11.5 Å². The highest BCUT2D eigenvalue weighted by Gasteiger charge is 2.08. The molecule has 3 rings (SSSR count). The molecule has 3 aromatic rings. The topological polar surface area (TPSA) is 55.1 Å². The van der Waals surface area contributed by atoms with Crippen LogP contribution in [0.3, 0.4) is 0 Å². The third-order valence-corrected chi connectivity index (χ3v) is 3.88. The van der Waals surface area contributed by atoms with Crippen molar-refractivity contribution in [1.29, 1.82) is 5.26 Å². The smallest absolute Gasteiger partial charge is 0.161 e. The summed E-state index contributed by atoms with van der Waals surface area (Å²) in [6, 6.07) is 23.3. The lowest BCUT2D eigenvalue weighted by Gasteiger charge is -2.13. The van der Waals surface area contributed by atoms with Gasteiger partial charge in [0.1, 0.15) is 12.7 Å². The molecule has 1 heterocycles. The Kier molecular flexibility index (Phi) is 6.21. The van der Waals surface area contributed by atoms with Crippen LogP contribution in [0.4, 0.5) is 0 Å². The summed E-state index contributed by atoms with van der Waals surface area (Å²) in [6.45, 7) is 2.92. The van der Waals surface area contributed by atoms with Crippen LogP contribution in [0, 0.1) is 11.3 Å². The van der Waals surface area contributed by atoms with Crippen LogP contribution in [0.15, 0.2) is 72.9 Å². The van der Waals surface area contributed by atoms with E-state index in [2.05, 4.69) is 11.1 Å². The molecule has 0 unspecified atom stereocenters. The first kappa shape index (κ1) is 18.2. The minimum absolute atomic E-state index is 0.466. The number of benzene rings is 2. The molecule has 0 spiro atoms. The van der Waals surface area contributed by atoms with Crippen LogP contribution in [-0.2, 0) is 6.61 Å². The zero-order valence-electron chi connectivity index (χ0n) is 15.1. The maximum absolute atomic E-state index is 9.46. The van der Waals surface area contributed by atoms with Crippen LogP contribution in [0.1, 0.15) is 23.7 Å². The number of hydrogen-bond donors (Lipinski definition) is 0. The Labute approximate surface area is 159 Å². The summed E-state index contributed by atoms with van der Waals surface area (Å²) in [5.74, 6) is 1.33. The van der Waals surface area contributed by atoms with Gasteiger partial charge >= 0.3 is 0 Å². The van der Waals surface area contributed by atoms with Gasteiger partial charge in [-0.05, 0) is 48.4 Å². The molecule has 27 heavy (non-hydrogen) atoms. The largest absolute Gasteiger partial charge is 0.490 e. The molecule has 0 radical (unpaired) electrons. The van der Waals surface area contributed by atoms with E-state index in [9.17, 15) is 5.26 Å². The number of aromatic nitrogens is 1. The van der Waals surface area contributed by atoms with Crippen LogP contribution in [0.25, 0.3) is 11.6 Å². The molecule has 0 bridgehead atoms. The maximum atomic E-state index is 9.46. The molecule has 0 aliphatic rings. The van der Waals surface area contributed by atoms with Crippen LogP contribution >= 0.6 is 0 Å². The molecule has 134 valence electrons. The Morgan fingerprint density at radius 1 is 1.00 bits per heavy atom. The molecule has 0 saturated carbocycles. The summed E-state index contributed by atoms with van der Waals surface area (Å²) >= 11 is 0. The van der Waals surface area contributed by atoms with E-state index in [1.807, 2.05) is 73.7 Å². The molecule has 0 fully saturated rings. The first-order chi connectivity index (χ1) is 13.3. The van der Waals surface area contributed by atoms with Gasteiger partial charge in [-0.3, -0.25) is 4.98 Å². The lowest BCUT2D eigenvalue weighted by Crippen LogP contribution is -2.00. The number of pyridine rings is 1. The third kappa shape index (κ3) is 4.96. The zero-order valence-corrected chi connectivity index (χ0v) is 15.1. The van der Waals surface area contributed by atoms with Crippen molar-refractivity contribution in [2.45, 2.75) is 13.5 Å². The fraction of sp³-hybridized carbons (Fsp3) is 0.130. The van der Waals surface area contributed by atoms with Crippen molar-refractivity contribution in [1.82, 2.24) is 4.98 Å². The fourth-order valence-electron chi connectivity index (χ4n) is 2.59. The predicted octanol–water partition coefficient (Wildman–Crippen LogP) is 5.12. The van der Waals surface area contributed by atoms with Gasteiger partial charge in [0.05, 0.1) is 17.9 Å². The fourth-order valence-corrected chi connectivity index (χ4v) is 2.59. The van der Waals surface area contributed by atoms with E-state index < -0.39 is 0 Å². The SMILES string of the molecule is CCOc1cc(C=C(C#N)c2ccccn2)ccc1OCc1ccccc1. The molecular weight excluding hydrogens is 336 g/mol. The van der Waals surface area contributed by atoms with Crippen molar-refractivity contribution in [3.63, 3.8) is 0 Å². The zero-order chi connectivity index (χ0) is 18.9. The Morgan fingerprint density at radius 2 is 1.81 bits per heavy atom. The molecule has 1 aromatic heterocycles. The van der Waals surface area contributed by atoms with Crippen molar-refractivity contribution in [3.05, 3.63) is 89.7 Å². The van der Waals surface area contributed by atoms with Gasteiger partial charge in [-0.2, -0.15) is 5.26 Å². The number of ether oxygens (including phenoxy) is 2. The van der Waals surface area contributed by atoms with Gasteiger partial charge in [-0.25, -0.2) is 0 Å². The molecule has 0 atom stereocenters. The summed E-state index contributed by atoms with van der Waals surface area (Å²) < 4.78 is 11.7. The Morgan fingerprint density at radius 3 is 2.52 bits per heavy atom. The average Bonchev–Trinajstić information content (AvgIpc) is 2.73. The second-order valence-electron chi connectivity index (χ2n) is 5.80. The highest BCUT2D eigenvalue weighted by Crippen LogP contribution is 2.30. The second kappa shape index (κ2) is 9.21. The number of rotatable bonds is 7. The van der Waals surface area contributed by atoms with E-state index in [1.54, 1.807) is 12.3 Å². The molecule has 0 amide bonds. The summed E-state index contributed by atoms with van der Waals surface area (Å²) in [5, 5.41) is 9.46. The normalized spacial score (nSPS) is 10.9. The standard InChI is InChI=1S/C23H20N2O2/c1-2-26-23-15-19(14-20(16-24)21-10-6-7-13-25-21)11-12-22(23)27-17-18-8-4-3-5-9-18/h3-15H,2,17H2,1H3. The summed E-state index contributed by atoms with van der Waals surface area (Å²) in [7, 11) is 0. The van der Waals surface area contributed by atoms with Crippen molar-refractivity contribution in [2.75, 3.05) is 6.61 Å². The third-order valence-electron chi connectivity index (χ3n) is 3.88. The van der Waals surface area contributed by atoms with Gasteiger partial charge in [0.2, 0.25) is 0 Å². The quantitative estimate of drug-likeness (QED) is 0.551. The molecule has 0 N–H and O–H groups in total. The minimum Gasteiger partial charge on any atom is -0.490 e. The van der Waals surface area contributed by atoms with E-state index in [0.29, 0.717) is 36.0 Å². The molecule has 4 nitrogen and oxygen atoms in total. The summed E-state index contributed by atoms with van der Waals surface area (Å²) in [6.07, 6.45) is 3.47. The lowest BCUT2D eigenvalue weighted by atomic mass is 10.1. The van der Waals surface area contributed by atoms with Gasteiger partial charge in [-0.15, -0.1) is 0 Å². The lowest BCUT2D eigenvalue weighted by molar-refractivity contribution is 0.269. The highest BCUT2D eigenvalue weighted by molar-refractivity contribution is 5.88. The maximum Gasteiger partial charge on any atom is 0.161 e. The second-order valence-corrected chi connectivity index (χ2v) is 5.80. The molecular formula is C23H20N2O2. The van der Waals surface area contributed by atoms with Gasteiger partial charge < -0.3 is 9.47 Å². The number of allylic oxidation sites excluding steroid dienone is 1. The molecule has 0 aliphatic carbocycles. The van der Waals surface area contributed by atoms with Gasteiger partial charge in [-0.1, -0.05) is 42.5 Å². The monoisotopic (exact) mass is 356 g/mol. The van der Waals surface area contributed by atoms with E-state index >= 15 is 0 Å². The average molecular weight is 356 g/mol. The Bertz CT molecular complexity index is 945. The van der Waals surface area contributed by atoms with E-state index in [0.717, 1.165) is 11.1 Å². The van der Waals surface area contributed by atoms with E-state index in [1.165, 1.54) is 0 Å². The van der Waals surface area contributed by atoms with Crippen LogP contribution in [0.2, 0.25) is 0 Å². The Balaban J connectivity index is 1.84. The first-order valence-electron chi connectivity index (χ1n) is 8.77. The Hall–Kier alpha value is -3.58.